The predicted molar refractivity (Wildman–Crippen MR) is 107 cm³/mol. The van der Waals surface area contributed by atoms with Crippen LogP contribution in [-0.4, -0.2) is 41.6 Å². The van der Waals surface area contributed by atoms with Gasteiger partial charge in [-0.05, 0) is 54.8 Å². The minimum Gasteiger partial charge on any atom is -0.493 e. The lowest BCUT2D eigenvalue weighted by molar-refractivity contribution is -0.120. The number of carbonyl (C=O) groups excluding carboxylic acids is 1. The Labute approximate surface area is 166 Å². The quantitative estimate of drug-likeness (QED) is 0.621. The molecule has 0 aliphatic rings. The van der Waals surface area contributed by atoms with Crippen LogP contribution in [0.5, 0.6) is 11.5 Å². The van der Waals surface area contributed by atoms with Gasteiger partial charge < -0.3 is 14.8 Å². The third-order valence-corrected chi connectivity index (χ3v) is 5.80. The molecular formula is C20H26N2O5S. The minimum absolute atomic E-state index is 0.104. The van der Waals surface area contributed by atoms with Gasteiger partial charge in [-0.2, -0.15) is 0 Å². The second-order valence-electron chi connectivity index (χ2n) is 6.36. The average molecular weight is 407 g/mol. The zero-order valence-electron chi connectivity index (χ0n) is 16.5. The van der Waals surface area contributed by atoms with Gasteiger partial charge in [-0.1, -0.05) is 12.1 Å². The molecule has 0 unspecified atom stereocenters. The lowest BCUT2D eigenvalue weighted by Crippen LogP contribution is -2.35. The molecule has 2 N–H and O–H groups in total. The van der Waals surface area contributed by atoms with Crippen LogP contribution in [-0.2, 0) is 21.2 Å². The highest BCUT2D eigenvalue weighted by Gasteiger charge is 2.14. The number of ether oxygens (including phenoxy) is 2. The Morgan fingerprint density at radius 2 is 1.64 bits per heavy atom. The average Bonchev–Trinajstić information content (AvgIpc) is 2.67. The van der Waals surface area contributed by atoms with Crippen LogP contribution in [0, 0.1) is 13.8 Å². The molecule has 0 atom stereocenters. The molecule has 2 aromatic rings. The van der Waals surface area contributed by atoms with E-state index in [-0.39, 0.29) is 30.3 Å². The van der Waals surface area contributed by atoms with Crippen LogP contribution in [0.1, 0.15) is 16.7 Å². The van der Waals surface area contributed by atoms with Crippen molar-refractivity contribution >= 4 is 15.9 Å². The van der Waals surface area contributed by atoms with Crippen molar-refractivity contribution in [3.8, 4) is 11.5 Å². The standard InChI is InChI=1S/C20H26N2O5S/c1-14-5-7-17(11-15(14)2)28(24,25)22-10-9-21-20(23)13-16-6-8-18(26-3)19(12-16)27-4/h5-8,11-12,22H,9-10,13H2,1-4H3,(H,21,23). The third-order valence-electron chi connectivity index (χ3n) is 4.34. The Morgan fingerprint density at radius 3 is 2.29 bits per heavy atom. The van der Waals surface area contributed by atoms with E-state index in [2.05, 4.69) is 10.0 Å². The molecule has 7 nitrogen and oxygen atoms in total. The lowest BCUT2D eigenvalue weighted by atomic mass is 10.1. The van der Waals surface area contributed by atoms with E-state index in [4.69, 9.17) is 9.47 Å². The number of amides is 1. The molecule has 28 heavy (non-hydrogen) atoms. The van der Waals surface area contributed by atoms with Gasteiger partial charge in [0, 0.05) is 13.1 Å². The molecule has 0 aliphatic carbocycles. The molecule has 2 aromatic carbocycles. The molecule has 0 aliphatic heterocycles. The van der Waals surface area contributed by atoms with E-state index >= 15 is 0 Å². The Balaban J connectivity index is 1.84. The summed E-state index contributed by atoms with van der Waals surface area (Å²) in [4.78, 5) is 12.3. The maximum absolute atomic E-state index is 12.3. The van der Waals surface area contributed by atoms with Gasteiger partial charge in [-0.15, -0.1) is 0 Å². The highest BCUT2D eigenvalue weighted by molar-refractivity contribution is 7.89. The molecule has 0 saturated carbocycles. The normalized spacial score (nSPS) is 11.1. The predicted octanol–water partition coefficient (Wildman–Crippen LogP) is 1.96. The fraction of sp³-hybridized carbons (Fsp3) is 0.350. The monoisotopic (exact) mass is 406 g/mol. The highest BCUT2D eigenvalue weighted by atomic mass is 32.2. The number of hydrogen-bond donors (Lipinski definition) is 2. The third kappa shape index (κ3) is 5.71. The van der Waals surface area contributed by atoms with Crippen LogP contribution < -0.4 is 19.5 Å². The number of nitrogens with one attached hydrogen (secondary N) is 2. The van der Waals surface area contributed by atoms with Gasteiger partial charge >= 0.3 is 0 Å². The van der Waals surface area contributed by atoms with Crippen molar-refractivity contribution in [3.63, 3.8) is 0 Å². The van der Waals surface area contributed by atoms with Gasteiger partial charge in [-0.3, -0.25) is 4.79 Å². The van der Waals surface area contributed by atoms with Crippen LogP contribution in [0.25, 0.3) is 0 Å². The van der Waals surface area contributed by atoms with Gasteiger partial charge in [0.1, 0.15) is 0 Å². The van der Waals surface area contributed by atoms with E-state index in [1.807, 2.05) is 13.8 Å². The summed E-state index contributed by atoms with van der Waals surface area (Å²) in [5, 5.41) is 2.70. The molecule has 0 fully saturated rings. The molecule has 2 rings (SSSR count). The van der Waals surface area contributed by atoms with Crippen LogP contribution in [0.15, 0.2) is 41.3 Å². The van der Waals surface area contributed by atoms with Gasteiger partial charge in [0.05, 0.1) is 25.5 Å². The summed E-state index contributed by atoms with van der Waals surface area (Å²) in [5.41, 5.74) is 2.71. The summed E-state index contributed by atoms with van der Waals surface area (Å²) in [6, 6.07) is 10.2. The summed E-state index contributed by atoms with van der Waals surface area (Å²) < 4.78 is 37.5. The van der Waals surface area contributed by atoms with Gasteiger partial charge in [0.2, 0.25) is 15.9 Å². The van der Waals surface area contributed by atoms with Crippen LogP contribution in [0.4, 0.5) is 0 Å². The lowest BCUT2D eigenvalue weighted by Gasteiger charge is -2.11. The SMILES string of the molecule is COc1ccc(CC(=O)NCCNS(=O)(=O)c2ccc(C)c(C)c2)cc1OC. The van der Waals surface area contributed by atoms with E-state index in [9.17, 15) is 13.2 Å². The van der Waals surface area contributed by atoms with Crippen molar-refractivity contribution < 1.29 is 22.7 Å². The number of hydrogen-bond acceptors (Lipinski definition) is 5. The second kappa shape index (κ2) is 9.57. The molecular weight excluding hydrogens is 380 g/mol. The summed E-state index contributed by atoms with van der Waals surface area (Å²) >= 11 is 0. The van der Waals surface area contributed by atoms with Crippen molar-refractivity contribution in [2.45, 2.75) is 25.2 Å². The first-order valence-electron chi connectivity index (χ1n) is 8.81. The minimum atomic E-state index is -3.60. The summed E-state index contributed by atoms with van der Waals surface area (Å²) in [6.45, 7) is 4.08. The number of rotatable bonds is 9. The molecule has 0 radical (unpaired) electrons. The van der Waals surface area contributed by atoms with E-state index in [1.165, 1.54) is 7.11 Å². The second-order valence-corrected chi connectivity index (χ2v) is 8.13. The molecule has 0 aromatic heterocycles. The Hall–Kier alpha value is -2.58. The number of sulfonamides is 1. The van der Waals surface area contributed by atoms with E-state index in [0.717, 1.165) is 16.7 Å². The van der Waals surface area contributed by atoms with Crippen molar-refractivity contribution in [2.24, 2.45) is 0 Å². The Kier molecular flexibility index (Phi) is 7.42. The van der Waals surface area contributed by atoms with Crippen LogP contribution in [0.2, 0.25) is 0 Å². The zero-order chi connectivity index (χ0) is 20.7. The van der Waals surface area contributed by atoms with E-state index in [0.29, 0.717) is 11.5 Å². The first-order valence-corrected chi connectivity index (χ1v) is 10.3. The number of carbonyl (C=O) groups is 1. The molecule has 152 valence electrons. The van der Waals surface area contributed by atoms with E-state index in [1.54, 1.807) is 43.5 Å². The molecule has 0 saturated heterocycles. The number of methoxy groups -OCH3 is 2. The smallest absolute Gasteiger partial charge is 0.240 e. The van der Waals surface area contributed by atoms with Crippen molar-refractivity contribution in [1.29, 1.82) is 0 Å². The molecule has 0 bridgehead atoms. The first kappa shape index (κ1) is 21.7. The van der Waals surface area contributed by atoms with Crippen LogP contribution >= 0.6 is 0 Å². The summed E-state index contributed by atoms with van der Waals surface area (Å²) in [7, 11) is -0.529. The molecule has 0 heterocycles. The Bertz CT molecular complexity index is 942. The highest BCUT2D eigenvalue weighted by Crippen LogP contribution is 2.27. The Morgan fingerprint density at radius 1 is 0.929 bits per heavy atom. The van der Waals surface area contributed by atoms with Crippen LogP contribution in [0.3, 0.4) is 0 Å². The van der Waals surface area contributed by atoms with Gasteiger partial charge in [0.15, 0.2) is 11.5 Å². The largest absolute Gasteiger partial charge is 0.493 e. The number of aryl methyl sites for hydroxylation is 2. The van der Waals surface area contributed by atoms with Crippen molar-refractivity contribution in [1.82, 2.24) is 10.0 Å². The zero-order valence-corrected chi connectivity index (χ0v) is 17.4. The fourth-order valence-electron chi connectivity index (χ4n) is 2.59. The van der Waals surface area contributed by atoms with Gasteiger partial charge in [0.25, 0.3) is 0 Å². The fourth-order valence-corrected chi connectivity index (χ4v) is 3.71. The first-order chi connectivity index (χ1) is 13.3. The molecule has 0 spiro atoms. The maximum Gasteiger partial charge on any atom is 0.240 e. The maximum atomic E-state index is 12.3. The summed E-state index contributed by atoms with van der Waals surface area (Å²) in [6.07, 6.45) is 0.157. The number of benzene rings is 2. The van der Waals surface area contributed by atoms with Gasteiger partial charge in [-0.25, -0.2) is 13.1 Å². The summed E-state index contributed by atoms with van der Waals surface area (Å²) in [5.74, 6) is 0.930. The van der Waals surface area contributed by atoms with E-state index < -0.39 is 10.0 Å². The van der Waals surface area contributed by atoms with Crippen molar-refractivity contribution in [2.75, 3.05) is 27.3 Å². The topological polar surface area (TPSA) is 93.7 Å². The molecule has 8 heteroatoms. The molecule has 1 amide bonds. The van der Waals surface area contributed by atoms with Crippen molar-refractivity contribution in [3.05, 3.63) is 53.1 Å².